The highest BCUT2D eigenvalue weighted by molar-refractivity contribution is 7.89. The van der Waals surface area contributed by atoms with Crippen LogP contribution in [0.15, 0.2) is 83.9 Å². The van der Waals surface area contributed by atoms with Gasteiger partial charge in [-0.2, -0.15) is 0 Å². The third-order valence-electron chi connectivity index (χ3n) is 5.68. The summed E-state index contributed by atoms with van der Waals surface area (Å²) in [5, 5.41) is 13.0. The van der Waals surface area contributed by atoms with Gasteiger partial charge in [-0.05, 0) is 60.9 Å². The molecular weight excluding hydrogens is 520 g/mol. The number of nitrogens with zero attached hydrogens (tertiary/aromatic N) is 2. The molecule has 1 heterocycles. The fourth-order valence-corrected chi connectivity index (χ4v) is 4.89. The zero-order valence-electron chi connectivity index (χ0n) is 22.2. The number of rotatable bonds is 13. The Morgan fingerprint density at radius 1 is 0.949 bits per heavy atom. The number of sulfonamides is 1. The molecule has 208 valence electrons. The third kappa shape index (κ3) is 8.88. The lowest BCUT2D eigenvalue weighted by Crippen LogP contribution is -2.52. The molecule has 0 saturated carbocycles. The van der Waals surface area contributed by atoms with E-state index < -0.39 is 28.1 Å². The van der Waals surface area contributed by atoms with E-state index in [1.165, 1.54) is 42.3 Å². The maximum atomic E-state index is 13.1. The highest BCUT2D eigenvalue weighted by atomic mass is 32.2. The Balaban J connectivity index is 1.57. The Hall–Kier alpha value is -3.80. The molecule has 0 fully saturated rings. The number of hydrogen-bond acceptors (Lipinski definition) is 7. The van der Waals surface area contributed by atoms with Crippen molar-refractivity contribution in [3.8, 4) is 11.5 Å². The first-order valence-electron chi connectivity index (χ1n) is 12.6. The number of benzene rings is 2. The van der Waals surface area contributed by atoms with Crippen LogP contribution in [0.4, 0.5) is 5.82 Å². The van der Waals surface area contributed by atoms with Gasteiger partial charge in [0.25, 0.3) is 0 Å². The number of amides is 2. The Kier molecular flexibility index (Phi) is 10.6. The SMILES string of the molecule is CC(=O)N(c1ccccn1)[C@@H](CC(C)C)C(=O)NCC(O)CNS(=O)(=O)c1ccc(Oc2ccccc2)cc1. The van der Waals surface area contributed by atoms with E-state index in [0.717, 1.165) is 0 Å². The number of nitrogens with one attached hydrogen (secondary N) is 2. The van der Waals surface area contributed by atoms with Gasteiger partial charge in [-0.1, -0.05) is 38.1 Å². The van der Waals surface area contributed by atoms with Crippen LogP contribution in [0.3, 0.4) is 0 Å². The van der Waals surface area contributed by atoms with Crippen molar-refractivity contribution in [1.82, 2.24) is 15.0 Å². The van der Waals surface area contributed by atoms with Gasteiger partial charge in [0.15, 0.2) is 0 Å². The normalized spacial score (nSPS) is 12.9. The fourth-order valence-electron chi connectivity index (χ4n) is 3.82. The second-order valence-electron chi connectivity index (χ2n) is 9.36. The number of para-hydroxylation sites is 1. The summed E-state index contributed by atoms with van der Waals surface area (Å²) in [5.41, 5.74) is 0. The fraction of sp³-hybridized carbons (Fsp3) is 0.321. The lowest BCUT2D eigenvalue weighted by atomic mass is 10.0. The minimum atomic E-state index is -3.92. The quantitative estimate of drug-likeness (QED) is 0.295. The first-order chi connectivity index (χ1) is 18.6. The van der Waals surface area contributed by atoms with E-state index in [1.807, 2.05) is 32.0 Å². The molecule has 2 aromatic carbocycles. The number of aliphatic hydroxyl groups is 1. The predicted octanol–water partition coefficient (Wildman–Crippen LogP) is 3.10. The van der Waals surface area contributed by atoms with Gasteiger partial charge in [0.1, 0.15) is 23.4 Å². The maximum Gasteiger partial charge on any atom is 0.243 e. The van der Waals surface area contributed by atoms with Crippen LogP contribution in [-0.2, 0) is 19.6 Å². The van der Waals surface area contributed by atoms with Crippen molar-refractivity contribution >= 4 is 27.7 Å². The van der Waals surface area contributed by atoms with Crippen molar-refractivity contribution in [1.29, 1.82) is 0 Å². The lowest BCUT2D eigenvalue weighted by molar-refractivity contribution is -0.126. The molecule has 2 atom stereocenters. The Bertz CT molecular complexity index is 1320. The summed E-state index contributed by atoms with van der Waals surface area (Å²) in [5.74, 6) is 0.720. The average Bonchev–Trinajstić information content (AvgIpc) is 2.91. The molecule has 0 aliphatic heterocycles. The molecule has 0 saturated heterocycles. The number of ether oxygens (including phenoxy) is 1. The molecule has 1 unspecified atom stereocenters. The molecule has 0 aliphatic rings. The molecule has 3 N–H and O–H groups in total. The van der Waals surface area contributed by atoms with E-state index in [9.17, 15) is 23.1 Å². The molecular formula is C28H34N4O6S. The molecule has 0 bridgehead atoms. The van der Waals surface area contributed by atoms with Crippen molar-refractivity contribution in [2.75, 3.05) is 18.0 Å². The number of pyridine rings is 1. The molecule has 0 aliphatic carbocycles. The number of aliphatic hydroxyl groups excluding tert-OH is 1. The van der Waals surface area contributed by atoms with Crippen molar-refractivity contribution in [2.45, 2.75) is 44.2 Å². The van der Waals surface area contributed by atoms with Crippen LogP contribution in [0.25, 0.3) is 0 Å². The summed E-state index contributed by atoms with van der Waals surface area (Å²) < 4.78 is 33.4. The van der Waals surface area contributed by atoms with Gasteiger partial charge in [-0.3, -0.25) is 14.5 Å². The predicted molar refractivity (Wildman–Crippen MR) is 148 cm³/mol. The minimum Gasteiger partial charge on any atom is -0.457 e. The molecule has 39 heavy (non-hydrogen) atoms. The average molecular weight is 555 g/mol. The molecule has 3 rings (SSSR count). The summed E-state index contributed by atoms with van der Waals surface area (Å²) in [6.45, 7) is 4.69. The summed E-state index contributed by atoms with van der Waals surface area (Å²) in [4.78, 5) is 31.1. The van der Waals surface area contributed by atoms with Gasteiger partial charge in [0.05, 0.1) is 11.0 Å². The molecule has 2 amide bonds. The van der Waals surface area contributed by atoms with E-state index in [2.05, 4.69) is 15.0 Å². The summed E-state index contributed by atoms with van der Waals surface area (Å²) in [6, 6.07) is 19.2. The van der Waals surface area contributed by atoms with Crippen LogP contribution in [-0.4, -0.2) is 55.6 Å². The van der Waals surface area contributed by atoms with E-state index in [0.29, 0.717) is 23.7 Å². The maximum absolute atomic E-state index is 13.1. The Morgan fingerprint density at radius 2 is 1.59 bits per heavy atom. The molecule has 1 aromatic heterocycles. The van der Waals surface area contributed by atoms with Crippen LogP contribution < -0.4 is 19.7 Å². The molecule has 0 radical (unpaired) electrons. The van der Waals surface area contributed by atoms with Gasteiger partial charge in [0.2, 0.25) is 21.8 Å². The number of carbonyl (C=O) groups is 2. The van der Waals surface area contributed by atoms with Crippen LogP contribution in [0.2, 0.25) is 0 Å². The number of anilines is 1. The first-order valence-corrected chi connectivity index (χ1v) is 14.0. The highest BCUT2D eigenvalue weighted by Crippen LogP contribution is 2.23. The van der Waals surface area contributed by atoms with Gasteiger partial charge >= 0.3 is 0 Å². The van der Waals surface area contributed by atoms with Gasteiger partial charge in [0, 0.05) is 26.2 Å². The second-order valence-corrected chi connectivity index (χ2v) is 11.1. The molecule has 0 spiro atoms. The monoisotopic (exact) mass is 554 g/mol. The molecule has 3 aromatic rings. The highest BCUT2D eigenvalue weighted by Gasteiger charge is 2.31. The van der Waals surface area contributed by atoms with Crippen LogP contribution >= 0.6 is 0 Å². The third-order valence-corrected chi connectivity index (χ3v) is 7.12. The standard InChI is InChI=1S/C28H34N4O6S/c1-20(2)17-26(32(21(3)33)27-11-7-8-16-29-27)28(35)30-18-22(34)19-31-39(36,37)25-14-12-24(13-15-25)38-23-9-5-4-6-10-23/h4-16,20,22,26,31,34H,17-19H2,1-3H3,(H,30,35)/t22?,26-/m0/s1. The number of hydrogen-bond donors (Lipinski definition) is 3. The number of carbonyl (C=O) groups excluding carboxylic acids is 2. The van der Waals surface area contributed by atoms with Crippen molar-refractivity contribution in [3.63, 3.8) is 0 Å². The minimum absolute atomic E-state index is 0.00334. The molecule has 10 nitrogen and oxygen atoms in total. The number of aromatic nitrogens is 1. The summed E-state index contributed by atoms with van der Waals surface area (Å²) in [6.07, 6.45) is 0.703. The van der Waals surface area contributed by atoms with E-state index in [4.69, 9.17) is 4.74 Å². The van der Waals surface area contributed by atoms with Crippen LogP contribution in [0.5, 0.6) is 11.5 Å². The first kappa shape index (κ1) is 29.8. The van der Waals surface area contributed by atoms with Crippen LogP contribution in [0.1, 0.15) is 27.2 Å². The Labute approximate surface area is 229 Å². The summed E-state index contributed by atoms with van der Waals surface area (Å²) in [7, 11) is -3.92. The van der Waals surface area contributed by atoms with Crippen LogP contribution in [0, 0.1) is 5.92 Å². The smallest absolute Gasteiger partial charge is 0.243 e. The summed E-state index contributed by atoms with van der Waals surface area (Å²) >= 11 is 0. The second kappa shape index (κ2) is 13.8. The lowest BCUT2D eigenvalue weighted by Gasteiger charge is -2.30. The van der Waals surface area contributed by atoms with Crippen molar-refractivity contribution < 1.29 is 27.9 Å². The van der Waals surface area contributed by atoms with Crippen molar-refractivity contribution in [2.24, 2.45) is 5.92 Å². The zero-order chi connectivity index (χ0) is 28.4. The van der Waals surface area contributed by atoms with E-state index in [-0.39, 0.29) is 29.8 Å². The molecule has 11 heteroatoms. The van der Waals surface area contributed by atoms with E-state index in [1.54, 1.807) is 30.3 Å². The van der Waals surface area contributed by atoms with Gasteiger partial charge in [-0.25, -0.2) is 18.1 Å². The van der Waals surface area contributed by atoms with Gasteiger partial charge in [-0.15, -0.1) is 0 Å². The van der Waals surface area contributed by atoms with E-state index >= 15 is 0 Å². The van der Waals surface area contributed by atoms with Crippen molar-refractivity contribution in [3.05, 3.63) is 79.0 Å². The zero-order valence-corrected chi connectivity index (χ0v) is 23.0. The largest absolute Gasteiger partial charge is 0.457 e. The topological polar surface area (TPSA) is 138 Å². The Morgan fingerprint density at radius 3 is 2.18 bits per heavy atom. The van der Waals surface area contributed by atoms with Gasteiger partial charge < -0.3 is 15.2 Å².